The van der Waals surface area contributed by atoms with Gasteiger partial charge in [-0.25, -0.2) is 8.78 Å². The average molecular weight is 333 g/mol. The third kappa shape index (κ3) is 2.95. The monoisotopic (exact) mass is 332 g/mol. The Hall–Kier alpha value is -0.820. The molecule has 2 aromatic rings. The molecule has 0 bridgehead atoms. The molecule has 1 heterocycles. The van der Waals surface area contributed by atoms with Crippen LogP contribution >= 0.6 is 27.3 Å². The first-order chi connectivity index (χ1) is 8.61. The fraction of sp³-hybridized carbons (Fsp3) is 0.167. The van der Waals surface area contributed by atoms with Crippen molar-refractivity contribution in [3.63, 3.8) is 0 Å². The molecule has 0 aliphatic rings. The third-order valence-electron chi connectivity index (χ3n) is 2.59. The SMILES string of the molecule is NNC(Cc1cc(Br)cs1)c1cccc(F)c1F. The Bertz CT molecular complexity index is 545. The standard InChI is InChI=1S/C12H11BrF2N2S/c13-7-4-8(18-6-7)5-11(17-16)9-2-1-3-10(14)12(9)15/h1-4,6,11,17H,5,16H2. The summed E-state index contributed by atoms with van der Waals surface area (Å²) in [5.41, 5.74) is 2.77. The van der Waals surface area contributed by atoms with Crippen molar-refractivity contribution in [3.8, 4) is 0 Å². The number of benzene rings is 1. The molecule has 0 saturated heterocycles. The molecule has 0 radical (unpaired) electrons. The normalized spacial score (nSPS) is 12.7. The van der Waals surface area contributed by atoms with E-state index in [1.54, 1.807) is 0 Å². The highest BCUT2D eigenvalue weighted by atomic mass is 79.9. The molecular formula is C12H11BrF2N2S. The maximum Gasteiger partial charge on any atom is 0.163 e. The minimum Gasteiger partial charge on any atom is -0.271 e. The lowest BCUT2D eigenvalue weighted by Gasteiger charge is -2.16. The molecule has 2 nitrogen and oxygen atoms in total. The fourth-order valence-electron chi connectivity index (χ4n) is 1.71. The van der Waals surface area contributed by atoms with E-state index in [-0.39, 0.29) is 5.56 Å². The molecule has 1 aromatic heterocycles. The van der Waals surface area contributed by atoms with Gasteiger partial charge in [-0.05, 0) is 28.1 Å². The van der Waals surface area contributed by atoms with E-state index in [1.165, 1.54) is 23.5 Å². The van der Waals surface area contributed by atoms with Gasteiger partial charge in [-0.15, -0.1) is 11.3 Å². The lowest BCUT2D eigenvalue weighted by Crippen LogP contribution is -2.30. The minimum atomic E-state index is -0.861. The highest BCUT2D eigenvalue weighted by Gasteiger charge is 2.18. The van der Waals surface area contributed by atoms with Crippen LogP contribution in [0.1, 0.15) is 16.5 Å². The van der Waals surface area contributed by atoms with Gasteiger partial charge in [-0.3, -0.25) is 11.3 Å². The maximum absolute atomic E-state index is 13.7. The third-order valence-corrected chi connectivity index (χ3v) is 4.31. The zero-order valence-electron chi connectivity index (χ0n) is 9.29. The lowest BCUT2D eigenvalue weighted by atomic mass is 10.0. The summed E-state index contributed by atoms with van der Waals surface area (Å²) in [5.74, 6) is 3.72. The highest BCUT2D eigenvalue weighted by Crippen LogP contribution is 2.27. The van der Waals surface area contributed by atoms with E-state index in [0.29, 0.717) is 6.42 Å². The Balaban J connectivity index is 2.25. The predicted octanol–water partition coefficient (Wildman–Crippen LogP) is 3.54. The van der Waals surface area contributed by atoms with Crippen molar-refractivity contribution < 1.29 is 8.78 Å². The summed E-state index contributed by atoms with van der Waals surface area (Å²) < 4.78 is 27.8. The Labute approximate surface area is 116 Å². The second kappa shape index (κ2) is 5.88. The number of hydrogen-bond donors (Lipinski definition) is 2. The molecule has 0 fully saturated rings. The summed E-state index contributed by atoms with van der Waals surface area (Å²) in [6.45, 7) is 0. The van der Waals surface area contributed by atoms with Gasteiger partial charge < -0.3 is 0 Å². The van der Waals surface area contributed by atoms with E-state index in [4.69, 9.17) is 5.84 Å². The molecule has 1 atom stereocenters. The Morgan fingerprint density at radius 1 is 1.39 bits per heavy atom. The van der Waals surface area contributed by atoms with Gasteiger partial charge in [-0.1, -0.05) is 12.1 Å². The van der Waals surface area contributed by atoms with Gasteiger partial charge in [0, 0.05) is 26.7 Å². The number of thiophene rings is 1. The van der Waals surface area contributed by atoms with Gasteiger partial charge in [0.05, 0.1) is 6.04 Å². The molecule has 0 aliphatic carbocycles. The van der Waals surface area contributed by atoms with Crippen molar-refractivity contribution >= 4 is 27.3 Å². The summed E-state index contributed by atoms with van der Waals surface area (Å²) in [6.07, 6.45) is 0.507. The van der Waals surface area contributed by atoms with E-state index >= 15 is 0 Å². The Morgan fingerprint density at radius 2 is 2.17 bits per heavy atom. The van der Waals surface area contributed by atoms with Crippen molar-refractivity contribution in [1.82, 2.24) is 5.43 Å². The Morgan fingerprint density at radius 3 is 2.78 bits per heavy atom. The van der Waals surface area contributed by atoms with Crippen LogP contribution < -0.4 is 11.3 Å². The van der Waals surface area contributed by atoms with E-state index in [0.717, 1.165) is 15.4 Å². The molecule has 0 amide bonds. The van der Waals surface area contributed by atoms with Crippen molar-refractivity contribution in [3.05, 3.63) is 56.2 Å². The first kappa shape index (κ1) is 13.6. The van der Waals surface area contributed by atoms with Crippen LogP contribution in [-0.2, 0) is 6.42 Å². The fourth-order valence-corrected chi connectivity index (χ4v) is 3.21. The summed E-state index contributed by atoms with van der Waals surface area (Å²) >= 11 is 4.89. The van der Waals surface area contributed by atoms with Crippen LogP contribution in [0.25, 0.3) is 0 Å². The molecule has 0 saturated carbocycles. The number of nitrogens with one attached hydrogen (secondary N) is 1. The number of halogens is 3. The highest BCUT2D eigenvalue weighted by molar-refractivity contribution is 9.10. The molecule has 96 valence electrons. The van der Waals surface area contributed by atoms with Gasteiger partial charge >= 0.3 is 0 Å². The summed E-state index contributed by atoms with van der Waals surface area (Å²) in [4.78, 5) is 1.04. The first-order valence-corrected chi connectivity index (χ1v) is 6.92. The van der Waals surface area contributed by atoms with Gasteiger partial charge in [0.2, 0.25) is 0 Å². The van der Waals surface area contributed by atoms with Crippen LogP contribution in [0, 0.1) is 11.6 Å². The van der Waals surface area contributed by atoms with Crippen molar-refractivity contribution in [2.75, 3.05) is 0 Å². The maximum atomic E-state index is 13.7. The van der Waals surface area contributed by atoms with Crippen molar-refractivity contribution in [2.24, 2.45) is 5.84 Å². The van der Waals surface area contributed by atoms with E-state index in [9.17, 15) is 8.78 Å². The summed E-state index contributed by atoms with van der Waals surface area (Å²) in [5, 5.41) is 1.94. The number of hydrogen-bond acceptors (Lipinski definition) is 3. The Kier molecular flexibility index (Phi) is 4.45. The molecule has 2 rings (SSSR count). The number of nitrogens with two attached hydrogens (primary N) is 1. The lowest BCUT2D eigenvalue weighted by molar-refractivity contribution is 0.465. The van der Waals surface area contributed by atoms with Gasteiger partial charge in [0.1, 0.15) is 0 Å². The van der Waals surface area contributed by atoms with Crippen LogP contribution in [-0.4, -0.2) is 0 Å². The van der Waals surface area contributed by atoms with Crippen LogP contribution in [0.5, 0.6) is 0 Å². The zero-order valence-corrected chi connectivity index (χ0v) is 11.7. The second-order valence-electron chi connectivity index (χ2n) is 3.80. The predicted molar refractivity (Wildman–Crippen MR) is 72.1 cm³/mol. The van der Waals surface area contributed by atoms with E-state index in [2.05, 4.69) is 21.4 Å². The van der Waals surface area contributed by atoms with Gasteiger partial charge in [0.15, 0.2) is 11.6 Å². The van der Waals surface area contributed by atoms with Crippen LogP contribution in [0.15, 0.2) is 34.1 Å². The largest absolute Gasteiger partial charge is 0.271 e. The van der Waals surface area contributed by atoms with E-state index < -0.39 is 17.7 Å². The molecule has 1 aromatic carbocycles. The van der Waals surface area contributed by atoms with E-state index in [1.807, 2.05) is 11.4 Å². The van der Waals surface area contributed by atoms with Crippen molar-refractivity contribution in [2.45, 2.75) is 12.5 Å². The summed E-state index contributed by atoms with van der Waals surface area (Å²) in [7, 11) is 0. The summed E-state index contributed by atoms with van der Waals surface area (Å²) in [6, 6.07) is 5.58. The first-order valence-electron chi connectivity index (χ1n) is 5.24. The van der Waals surface area contributed by atoms with Crippen LogP contribution in [0.3, 0.4) is 0 Å². The molecular weight excluding hydrogens is 322 g/mol. The quantitative estimate of drug-likeness (QED) is 0.663. The molecule has 0 aliphatic heterocycles. The topological polar surface area (TPSA) is 38.0 Å². The molecule has 0 spiro atoms. The van der Waals surface area contributed by atoms with Crippen LogP contribution in [0.4, 0.5) is 8.78 Å². The van der Waals surface area contributed by atoms with Crippen LogP contribution in [0.2, 0.25) is 0 Å². The smallest absolute Gasteiger partial charge is 0.163 e. The average Bonchev–Trinajstić information content (AvgIpc) is 2.76. The number of rotatable bonds is 4. The molecule has 1 unspecified atom stereocenters. The second-order valence-corrected chi connectivity index (χ2v) is 5.71. The molecule has 3 N–H and O–H groups in total. The molecule has 18 heavy (non-hydrogen) atoms. The zero-order chi connectivity index (χ0) is 13.1. The van der Waals surface area contributed by atoms with Crippen molar-refractivity contribution in [1.29, 1.82) is 0 Å². The number of hydrazine groups is 1. The van der Waals surface area contributed by atoms with Gasteiger partial charge in [-0.2, -0.15) is 0 Å². The van der Waals surface area contributed by atoms with Gasteiger partial charge in [0.25, 0.3) is 0 Å². The minimum absolute atomic E-state index is 0.238. The molecule has 6 heteroatoms.